The Labute approximate surface area is 105 Å². The second-order valence-electron chi connectivity index (χ2n) is 4.65. The van der Waals surface area contributed by atoms with Crippen molar-refractivity contribution in [3.05, 3.63) is 35.4 Å². The van der Waals surface area contributed by atoms with E-state index >= 15 is 0 Å². The molecule has 2 nitrogen and oxygen atoms in total. The van der Waals surface area contributed by atoms with Crippen LogP contribution in [0.3, 0.4) is 0 Å². The summed E-state index contributed by atoms with van der Waals surface area (Å²) in [6.07, 6.45) is 5.09. The number of fused-ring (bicyclic) bond motifs is 1. The molecule has 0 aliphatic heterocycles. The van der Waals surface area contributed by atoms with E-state index in [1.807, 2.05) is 0 Å². The van der Waals surface area contributed by atoms with Gasteiger partial charge in [-0.1, -0.05) is 31.2 Å². The standard InChI is InChI=1S/C14H21N.CH4O/c1-3-10-15(2)14-9-8-12-6-4-5-7-13(12)11-14;1-2/h4-7,14H,3,8-11H2,1-2H3;2H,1H3/t14-;/m1./s1. The summed E-state index contributed by atoms with van der Waals surface area (Å²) in [5, 5.41) is 7.00. The second-order valence-corrected chi connectivity index (χ2v) is 4.65. The number of nitrogens with zero attached hydrogens (tertiary/aromatic N) is 1. The topological polar surface area (TPSA) is 23.5 Å². The van der Waals surface area contributed by atoms with Crippen LogP contribution in [0.15, 0.2) is 24.3 Å². The molecule has 17 heavy (non-hydrogen) atoms. The molecule has 2 heteroatoms. The first-order valence-electron chi connectivity index (χ1n) is 6.53. The van der Waals surface area contributed by atoms with E-state index in [0.29, 0.717) is 0 Å². The minimum absolute atomic E-state index is 0.764. The molecule has 0 aromatic heterocycles. The average Bonchev–Trinajstić information content (AvgIpc) is 2.41. The molecule has 0 unspecified atom stereocenters. The van der Waals surface area contributed by atoms with Crippen LogP contribution in [-0.2, 0) is 12.8 Å². The van der Waals surface area contributed by atoms with E-state index in [1.54, 1.807) is 11.1 Å². The minimum Gasteiger partial charge on any atom is -0.400 e. The Kier molecular flexibility index (Phi) is 6.23. The van der Waals surface area contributed by atoms with E-state index in [4.69, 9.17) is 5.11 Å². The van der Waals surface area contributed by atoms with Crippen molar-refractivity contribution in [2.75, 3.05) is 20.7 Å². The summed E-state index contributed by atoms with van der Waals surface area (Å²) in [6.45, 7) is 3.49. The summed E-state index contributed by atoms with van der Waals surface area (Å²) < 4.78 is 0. The number of aliphatic hydroxyl groups excluding tert-OH is 1. The first kappa shape index (κ1) is 14.2. The molecule has 1 aliphatic carbocycles. The first-order valence-corrected chi connectivity index (χ1v) is 6.53. The highest BCUT2D eigenvalue weighted by Crippen LogP contribution is 2.23. The van der Waals surface area contributed by atoms with Gasteiger partial charge < -0.3 is 10.0 Å². The molecule has 0 spiro atoms. The molecule has 0 heterocycles. The van der Waals surface area contributed by atoms with Gasteiger partial charge >= 0.3 is 0 Å². The predicted octanol–water partition coefficient (Wildman–Crippen LogP) is 2.49. The van der Waals surface area contributed by atoms with Gasteiger partial charge in [0.1, 0.15) is 0 Å². The van der Waals surface area contributed by atoms with Gasteiger partial charge in [0.2, 0.25) is 0 Å². The predicted molar refractivity (Wildman–Crippen MR) is 73.3 cm³/mol. The third kappa shape index (κ3) is 3.83. The molecule has 1 N–H and O–H groups in total. The van der Waals surface area contributed by atoms with Crippen molar-refractivity contribution >= 4 is 0 Å². The summed E-state index contributed by atoms with van der Waals surface area (Å²) in [5.74, 6) is 0. The SMILES string of the molecule is CCCN(C)[C@@H]1CCc2ccccc2C1.CO. The highest BCUT2D eigenvalue weighted by molar-refractivity contribution is 5.30. The quantitative estimate of drug-likeness (QED) is 0.870. The molecule has 1 atom stereocenters. The lowest BCUT2D eigenvalue weighted by Gasteiger charge is -2.32. The maximum atomic E-state index is 7.00. The summed E-state index contributed by atoms with van der Waals surface area (Å²) in [5.41, 5.74) is 3.13. The van der Waals surface area contributed by atoms with E-state index < -0.39 is 0 Å². The number of aryl methyl sites for hydroxylation is 1. The Bertz CT molecular complexity index is 324. The van der Waals surface area contributed by atoms with Crippen LogP contribution < -0.4 is 0 Å². The molecule has 0 saturated carbocycles. The lowest BCUT2D eigenvalue weighted by molar-refractivity contribution is 0.222. The minimum atomic E-state index is 0.764. The highest BCUT2D eigenvalue weighted by atomic mass is 16.2. The maximum absolute atomic E-state index is 7.00. The monoisotopic (exact) mass is 235 g/mol. The summed E-state index contributed by atoms with van der Waals surface area (Å²) in [6, 6.07) is 9.67. The summed E-state index contributed by atoms with van der Waals surface area (Å²) in [7, 11) is 3.27. The Morgan fingerprint density at radius 3 is 2.53 bits per heavy atom. The van der Waals surface area contributed by atoms with Crippen LogP contribution in [0.1, 0.15) is 30.9 Å². The van der Waals surface area contributed by atoms with Gasteiger partial charge in [0.15, 0.2) is 0 Å². The third-order valence-corrected chi connectivity index (χ3v) is 3.52. The van der Waals surface area contributed by atoms with Gasteiger partial charge in [0, 0.05) is 13.2 Å². The molecule has 0 fully saturated rings. The van der Waals surface area contributed by atoms with E-state index in [2.05, 4.69) is 43.1 Å². The molecule has 2 rings (SSSR count). The van der Waals surface area contributed by atoms with Gasteiger partial charge in [0.05, 0.1) is 0 Å². The number of rotatable bonds is 3. The molecular formula is C15H25NO. The molecule has 1 aliphatic rings. The number of benzene rings is 1. The number of hydrogen-bond donors (Lipinski definition) is 1. The maximum Gasteiger partial charge on any atom is 0.0319 e. The van der Waals surface area contributed by atoms with Crippen molar-refractivity contribution in [1.29, 1.82) is 0 Å². The average molecular weight is 235 g/mol. The van der Waals surface area contributed by atoms with E-state index in [1.165, 1.54) is 32.2 Å². The van der Waals surface area contributed by atoms with Gasteiger partial charge in [-0.2, -0.15) is 0 Å². The van der Waals surface area contributed by atoms with Gasteiger partial charge in [-0.25, -0.2) is 0 Å². The molecule has 96 valence electrons. The van der Waals surface area contributed by atoms with Crippen LogP contribution in [0, 0.1) is 0 Å². The smallest absolute Gasteiger partial charge is 0.0319 e. The van der Waals surface area contributed by atoms with Crippen molar-refractivity contribution in [3.8, 4) is 0 Å². The van der Waals surface area contributed by atoms with Gasteiger partial charge in [-0.15, -0.1) is 0 Å². The lowest BCUT2D eigenvalue weighted by Crippen LogP contribution is -2.36. The van der Waals surface area contributed by atoms with Crippen LogP contribution in [0.5, 0.6) is 0 Å². The van der Waals surface area contributed by atoms with Crippen molar-refractivity contribution in [3.63, 3.8) is 0 Å². The van der Waals surface area contributed by atoms with E-state index in [9.17, 15) is 0 Å². The number of likely N-dealkylation sites (N-methyl/N-ethyl adjacent to an activating group) is 1. The largest absolute Gasteiger partial charge is 0.400 e. The zero-order valence-electron chi connectivity index (χ0n) is 11.3. The second kappa shape index (κ2) is 7.46. The van der Waals surface area contributed by atoms with Crippen molar-refractivity contribution < 1.29 is 5.11 Å². The number of aliphatic hydroxyl groups is 1. The van der Waals surface area contributed by atoms with Crippen molar-refractivity contribution in [2.24, 2.45) is 0 Å². The van der Waals surface area contributed by atoms with Gasteiger partial charge in [-0.3, -0.25) is 0 Å². The Morgan fingerprint density at radius 1 is 1.24 bits per heavy atom. The van der Waals surface area contributed by atoms with Crippen molar-refractivity contribution in [1.82, 2.24) is 4.90 Å². The Hall–Kier alpha value is -0.860. The zero-order valence-corrected chi connectivity index (χ0v) is 11.3. The van der Waals surface area contributed by atoms with Crippen molar-refractivity contribution in [2.45, 2.75) is 38.6 Å². The molecule has 0 amide bonds. The molecular weight excluding hydrogens is 210 g/mol. The first-order chi connectivity index (χ1) is 8.31. The van der Waals surface area contributed by atoms with Crippen LogP contribution >= 0.6 is 0 Å². The number of hydrogen-bond acceptors (Lipinski definition) is 2. The van der Waals surface area contributed by atoms with Crippen LogP contribution in [0.4, 0.5) is 0 Å². The van der Waals surface area contributed by atoms with E-state index in [-0.39, 0.29) is 0 Å². The molecule has 1 aromatic carbocycles. The van der Waals surface area contributed by atoms with Crippen LogP contribution in [-0.4, -0.2) is 36.8 Å². The fourth-order valence-electron chi connectivity index (χ4n) is 2.59. The lowest BCUT2D eigenvalue weighted by atomic mass is 9.87. The zero-order chi connectivity index (χ0) is 12.7. The normalized spacial score (nSPS) is 18.3. The van der Waals surface area contributed by atoms with Crippen LogP contribution in [0.2, 0.25) is 0 Å². The Morgan fingerprint density at radius 2 is 1.88 bits per heavy atom. The Balaban J connectivity index is 0.000000686. The molecule has 1 aromatic rings. The highest BCUT2D eigenvalue weighted by Gasteiger charge is 2.20. The molecule has 0 bridgehead atoms. The van der Waals surface area contributed by atoms with E-state index in [0.717, 1.165) is 13.2 Å². The fraction of sp³-hybridized carbons (Fsp3) is 0.600. The van der Waals surface area contributed by atoms with Gasteiger partial charge in [0.25, 0.3) is 0 Å². The molecule has 0 radical (unpaired) electrons. The fourth-order valence-corrected chi connectivity index (χ4v) is 2.59. The van der Waals surface area contributed by atoms with Gasteiger partial charge in [-0.05, 0) is 50.4 Å². The molecule has 0 saturated heterocycles. The third-order valence-electron chi connectivity index (χ3n) is 3.52. The van der Waals surface area contributed by atoms with Crippen LogP contribution in [0.25, 0.3) is 0 Å². The summed E-state index contributed by atoms with van der Waals surface area (Å²) >= 11 is 0. The summed E-state index contributed by atoms with van der Waals surface area (Å²) in [4.78, 5) is 2.52.